The first kappa shape index (κ1) is 14.1. The van der Waals surface area contributed by atoms with Crippen LogP contribution >= 0.6 is 0 Å². The van der Waals surface area contributed by atoms with Crippen molar-refractivity contribution in [1.29, 1.82) is 0 Å². The van der Waals surface area contributed by atoms with Crippen LogP contribution in [-0.4, -0.2) is 58.6 Å². The zero-order valence-corrected chi connectivity index (χ0v) is 11.7. The first-order valence-electron chi connectivity index (χ1n) is 6.64. The number of amidine groups is 1. The molecule has 2 rings (SSSR count). The SMILES string of the molecule is CCN(CC)C(=O)CN1N=C2C=CC(N)=CN2CC1=O. The Morgan fingerprint density at radius 2 is 2.10 bits per heavy atom. The van der Waals surface area contributed by atoms with Crippen molar-refractivity contribution >= 4 is 17.6 Å². The highest BCUT2D eigenvalue weighted by atomic mass is 16.2. The molecule has 0 saturated carbocycles. The van der Waals surface area contributed by atoms with Crippen LogP contribution in [0.25, 0.3) is 0 Å². The van der Waals surface area contributed by atoms with E-state index in [0.29, 0.717) is 24.6 Å². The van der Waals surface area contributed by atoms with Crippen LogP contribution in [0.2, 0.25) is 0 Å². The number of amides is 2. The van der Waals surface area contributed by atoms with Crippen molar-refractivity contribution < 1.29 is 9.59 Å². The minimum atomic E-state index is -0.214. The lowest BCUT2D eigenvalue weighted by Gasteiger charge is -2.32. The largest absolute Gasteiger partial charge is 0.398 e. The summed E-state index contributed by atoms with van der Waals surface area (Å²) in [6.07, 6.45) is 5.12. The highest BCUT2D eigenvalue weighted by molar-refractivity contribution is 6.01. The van der Waals surface area contributed by atoms with E-state index in [1.165, 1.54) is 5.01 Å². The van der Waals surface area contributed by atoms with Gasteiger partial charge in [0.25, 0.3) is 5.91 Å². The van der Waals surface area contributed by atoms with Gasteiger partial charge in [0.2, 0.25) is 5.91 Å². The van der Waals surface area contributed by atoms with E-state index in [-0.39, 0.29) is 24.9 Å². The average Bonchev–Trinajstić information content (AvgIpc) is 2.41. The molecule has 7 nitrogen and oxygen atoms in total. The molecule has 0 aliphatic carbocycles. The van der Waals surface area contributed by atoms with Gasteiger partial charge in [-0.1, -0.05) is 0 Å². The molecule has 2 N–H and O–H groups in total. The van der Waals surface area contributed by atoms with Crippen molar-refractivity contribution in [2.75, 3.05) is 26.2 Å². The lowest BCUT2D eigenvalue weighted by atomic mass is 10.2. The van der Waals surface area contributed by atoms with E-state index in [2.05, 4.69) is 5.10 Å². The van der Waals surface area contributed by atoms with Gasteiger partial charge in [0, 0.05) is 25.0 Å². The van der Waals surface area contributed by atoms with Gasteiger partial charge in [-0.05, 0) is 26.0 Å². The molecule has 0 aromatic heterocycles. The molecular weight excluding hydrogens is 258 g/mol. The molecule has 20 heavy (non-hydrogen) atoms. The molecule has 2 aliphatic rings. The Labute approximate surface area is 118 Å². The summed E-state index contributed by atoms with van der Waals surface area (Å²) in [4.78, 5) is 27.4. The lowest BCUT2D eigenvalue weighted by molar-refractivity contribution is -0.141. The maximum atomic E-state index is 12.0. The van der Waals surface area contributed by atoms with E-state index < -0.39 is 0 Å². The van der Waals surface area contributed by atoms with Gasteiger partial charge in [-0.2, -0.15) is 5.10 Å². The molecule has 0 aromatic carbocycles. The van der Waals surface area contributed by atoms with Gasteiger partial charge in [0.05, 0.1) is 0 Å². The molecule has 0 unspecified atom stereocenters. The Morgan fingerprint density at radius 3 is 2.75 bits per heavy atom. The molecule has 0 fully saturated rings. The highest BCUT2D eigenvalue weighted by Gasteiger charge is 2.28. The van der Waals surface area contributed by atoms with Crippen LogP contribution in [0, 0.1) is 0 Å². The van der Waals surface area contributed by atoms with Gasteiger partial charge >= 0.3 is 0 Å². The summed E-state index contributed by atoms with van der Waals surface area (Å²) in [6, 6.07) is 0. The third-order valence-corrected chi connectivity index (χ3v) is 3.24. The molecule has 2 aliphatic heterocycles. The molecule has 0 bridgehead atoms. The zero-order chi connectivity index (χ0) is 14.7. The van der Waals surface area contributed by atoms with Gasteiger partial charge in [0.15, 0.2) is 5.84 Å². The van der Waals surface area contributed by atoms with Crippen molar-refractivity contribution in [3.8, 4) is 0 Å². The molecule has 108 valence electrons. The van der Waals surface area contributed by atoms with Gasteiger partial charge < -0.3 is 15.5 Å². The Morgan fingerprint density at radius 1 is 1.40 bits per heavy atom. The van der Waals surface area contributed by atoms with Gasteiger partial charge in [-0.25, -0.2) is 5.01 Å². The molecule has 2 amide bonds. The smallest absolute Gasteiger partial charge is 0.263 e. The minimum Gasteiger partial charge on any atom is -0.398 e. The minimum absolute atomic E-state index is 0.0229. The van der Waals surface area contributed by atoms with Crippen molar-refractivity contribution in [1.82, 2.24) is 14.8 Å². The third-order valence-electron chi connectivity index (χ3n) is 3.24. The van der Waals surface area contributed by atoms with E-state index in [9.17, 15) is 9.59 Å². The topological polar surface area (TPSA) is 82.2 Å². The van der Waals surface area contributed by atoms with E-state index in [4.69, 9.17) is 5.73 Å². The van der Waals surface area contributed by atoms with Crippen LogP contribution in [0.15, 0.2) is 29.2 Å². The van der Waals surface area contributed by atoms with E-state index in [1.54, 1.807) is 28.2 Å². The van der Waals surface area contributed by atoms with E-state index in [1.807, 2.05) is 13.8 Å². The molecule has 2 heterocycles. The third kappa shape index (κ3) is 2.81. The van der Waals surface area contributed by atoms with Crippen LogP contribution in [0.5, 0.6) is 0 Å². The van der Waals surface area contributed by atoms with Crippen molar-refractivity contribution in [3.63, 3.8) is 0 Å². The summed E-state index contributed by atoms with van der Waals surface area (Å²) in [5, 5.41) is 5.43. The number of nitrogens with two attached hydrogens (primary N) is 1. The van der Waals surface area contributed by atoms with Crippen LogP contribution in [0.4, 0.5) is 0 Å². The summed E-state index contributed by atoms with van der Waals surface area (Å²) < 4.78 is 0. The van der Waals surface area contributed by atoms with Crippen molar-refractivity contribution in [2.24, 2.45) is 10.8 Å². The fourth-order valence-electron chi connectivity index (χ4n) is 2.11. The molecular formula is C13H19N5O2. The van der Waals surface area contributed by atoms with Crippen LogP contribution in [0.3, 0.4) is 0 Å². The predicted molar refractivity (Wildman–Crippen MR) is 75.2 cm³/mol. The van der Waals surface area contributed by atoms with Crippen molar-refractivity contribution in [3.05, 3.63) is 24.0 Å². The first-order valence-corrected chi connectivity index (χ1v) is 6.64. The lowest BCUT2D eigenvalue weighted by Crippen LogP contribution is -2.49. The highest BCUT2D eigenvalue weighted by Crippen LogP contribution is 2.13. The number of allylic oxidation sites excluding steroid dienone is 1. The quantitative estimate of drug-likeness (QED) is 0.763. The van der Waals surface area contributed by atoms with E-state index in [0.717, 1.165) is 0 Å². The van der Waals surface area contributed by atoms with Gasteiger partial charge in [-0.3, -0.25) is 9.59 Å². The Balaban J connectivity index is 2.11. The second-order valence-corrected chi connectivity index (χ2v) is 4.57. The monoisotopic (exact) mass is 277 g/mol. The number of hydrazone groups is 1. The number of rotatable bonds is 4. The number of nitrogens with zero attached hydrogens (tertiary/aromatic N) is 4. The molecule has 7 heteroatoms. The summed E-state index contributed by atoms with van der Waals surface area (Å²) >= 11 is 0. The summed E-state index contributed by atoms with van der Waals surface area (Å²) in [7, 11) is 0. The summed E-state index contributed by atoms with van der Waals surface area (Å²) in [5.41, 5.74) is 6.24. The maximum Gasteiger partial charge on any atom is 0.263 e. The number of carbonyl (C=O) groups excluding carboxylic acids is 2. The number of hydrogen-bond donors (Lipinski definition) is 1. The fourth-order valence-corrected chi connectivity index (χ4v) is 2.11. The molecule has 0 saturated heterocycles. The second-order valence-electron chi connectivity index (χ2n) is 4.57. The van der Waals surface area contributed by atoms with E-state index >= 15 is 0 Å². The number of hydrogen-bond acceptors (Lipinski definition) is 5. The standard InChI is InChI=1S/C13H19N5O2/c1-3-16(4-2)12(19)9-18-13(20)8-17-7-10(14)5-6-11(17)15-18/h5-7H,3-4,8-9,14H2,1-2H3. The fraction of sp³-hybridized carbons (Fsp3) is 0.462. The Hall–Kier alpha value is -2.31. The molecule has 0 spiro atoms. The summed E-state index contributed by atoms with van der Waals surface area (Å²) in [6.45, 7) is 5.19. The number of carbonyl (C=O) groups is 2. The number of likely N-dealkylation sites (N-methyl/N-ethyl adjacent to an activating group) is 1. The predicted octanol–water partition coefficient (Wildman–Crippen LogP) is -0.318. The first-order chi connectivity index (χ1) is 9.55. The molecule has 0 aromatic rings. The van der Waals surface area contributed by atoms with Crippen molar-refractivity contribution in [2.45, 2.75) is 13.8 Å². The summed E-state index contributed by atoms with van der Waals surface area (Å²) in [5.74, 6) is 0.302. The van der Waals surface area contributed by atoms with Crippen LogP contribution in [-0.2, 0) is 9.59 Å². The van der Waals surface area contributed by atoms with Crippen LogP contribution in [0.1, 0.15) is 13.8 Å². The molecule has 0 atom stereocenters. The Kier molecular flexibility index (Phi) is 4.07. The van der Waals surface area contributed by atoms with Crippen LogP contribution < -0.4 is 5.73 Å². The molecule has 0 radical (unpaired) electrons. The zero-order valence-electron chi connectivity index (χ0n) is 11.7. The average molecular weight is 277 g/mol. The number of fused-ring (bicyclic) bond motifs is 1. The van der Waals surface area contributed by atoms with Gasteiger partial charge in [-0.15, -0.1) is 0 Å². The Bertz CT molecular complexity index is 505. The second kappa shape index (κ2) is 5.77. The maximum absolute atomic E-state index is 12.0. The van der Waals surface area contributed by atoms with Gasteiger partial charge in [0.1, 0.15) is 13.1 Å². The normalized spacial score (nSPS) is 17.6.